The van der Waals surface area contributed by atoms with E-state index in [1.165, 1.54) is 6.20 Å². The first-order chi connectivity index (χ1) is 8.52. The van der Waals surface area contributed by atoms with Crippen molar-refractivity contribution in [3.63, 3.8) is 0 Å². The highest BCUT2D eigenvalue weighted by molar-refractivity contribution is 6.44. The van der Waals surface area contributed by atoms with Gasteiger partial charge in [0.15, 0.2) is 0 Å². The zero-order chi connectivity index (χ0) is 13.3. The SMILES string of the molecule is N#Cc1cc(-c2cc(Cl)c(Cl)cc2Cl)cnc1Cl. The second-order valence-corrected chi connectivity index (χ2v) is 5.00. The van der Waals surface area contributed by atoms with Crippen LogP contribution in [0.2, 0.25) is 20.2 Å². The molecular formula is C12H4Cl4N2. The van der Waals surface area contributed by atoms with Crippen LogP contribution in [0.4, 0.5) is 0 Å². The summed E-state index contributed by atoms with van der Waals surface area (Å²) in [6.45, 7) is 0. The molecule has 0 radical (unpaired) electrons. The lowest BCUT2D eigenvalue weighted by molar-refractivity contribution is 1.30. The van der Waals surface area contributed by atoms with E-state index >= 15 is 0 Å². The fourth-order valence-corrected chi connectivity index (χ4v) is 2.22. The highest BCUT2D eigenvalue weighted by Crippen LogP contribution is 2.35. The fraction of sp³-hybridized carbons (Fsp3) is 0. The second-order valence-electron chi connectivity index (χ2n) is 3.42. The van der Waals surface area contributed by atoms with E-state index < -0.39 is 0 Å². The summed E-state index contributed by atoms with van der Waals surface area (Å²) in [6, 6.07) is 6.72. The average Bonchev–Trinajstić information content (AvgIpc) is 2.35. The lowest BCUT2D eigenvalue weighted by Crippen LogP contribution is -1.87. The average molecular weight is 318 g/mol. The second kappa shape index (κ2) is 5.34. The largest absolute Gasteiger partial charge is 0.243 e. The van der Waals surface area contributed by atoms with E-state index in [0.29, 0.717) is 26.2 Å². The zero-order valence-electron chi connectivity index (χ0n) is 8.72. The van der Waals surface area contributed by atoms with Gasteiger partial charge in [0, 0.05) is 17.3 Å². The summed E-state index contributed by atoms with van der Waals surface area (Å²) in [7, 11) is 0. The molecule has 0 fully saturated rings. The Morgan fingerprint density at radius 1 is 0.944 bits per heavy atom. The van der Waals surface area contributed by atoms with Gasteiger partial charge < -0.3 is 0 Å². The van der Waals surface area contributed by atoms with Gasteiger partial charge in [0.1, 0.15) is 11.2 Å². The minimum Gasteiger partial charge on any atom is -0.243 e. The summed E-state index contributed by atoms with van der Waals surface area (Å²) in [6.07, 6.45) is 1.52. The molecule has 0 spiro atoms. The molecule has 0 aliphatic carbocycles. The lowest BCUT2D eigenvalue weighted by atomic mass is 10.1. The van der Waals surface area contributed by atoms with Crippen molar-refractivity contribution in [3.8, 4) is 17.2 Å². The van der Waals surface area contributed by atoms with Gasteiger partial charge in [0.25, 0.3) is 0 Å². The van der Waals surface area contributed by atoms with Crippen molar-refractivity contribution in [2.24, 2.45) is 0 Å². The zero-order valence-corrected chi connectivity index (χ0v) is 11.7. The van der Waals surface area contributed by atoms with Gasteiger partial charge >= 0.3 is 0 Å². The van der Waals surface area contributed by atoms with Crippen molar-refractivity contribution in [1.82, 2.24) is 4.98 Å². The minimum absolute atomic E-state index is 0.150. The van der Waals surface area contributed by atoms with Crippen LogP contribution in [-0.2, 0) is 0 Å². The molecule has 1 aromatic heterocycles. The maximum absolute atomic E-state index is 8.90. The van der Waals surface area contributed by atoms with E-state index in [0.717, 1.165) is 0 Å². The van der Waals surface area contributed by atoms with Gasteiger partial charge in [-0.25, -0.2) is 4.98 Å². The molecule has 18 heavy (non-hydrogen) atoms. The number of hydrogen-bond acceptors (Lipinski definition) is 2. The van der Waals surface area contributed by atoms with Crippen LogP contribution in [0.15, 0.2) is 24.4 Å². The molecule has 90 valence electrons. The Morgan fingerprint density at radius 2 is 1.61 bits per heavy atom. The van der Waals surface area contributed by atoms with Gasteiger partial charge in [-0.05, 0) is 18.2 Å². The van der Waals surface area contributed by atoms with Crippen LogP contribution in [-0.4, -0.2) is 4.98 Å². The molecule has 0 bridgehead atoms. The molecule has 0 aliphatic rings. The van der Waals surface area contributed by atoms with E-state index in [9.17, 15) is 0 Å². The first-order valence-corrected chi connectivity index (χ1v) is 6.24. The molecule has 0 saturated carbocycles. The van der Waals surface area contributed by atoms with Crippen LogP contribution < -0.4 is 0 Å². The third-order valence-electron chi connectivity index (χ3n) is 2.28. The van der Waals surface area contributed by atoms with Gasteiger partial charge in [-0.1, -0.05) is 46.4 Å². The quantitative estimate of drug-likeness (QED) is 0.533. The molecule has 6 heteroatoms. The first-order valence-electron chi connectivity index (χ1n) is 4.73. The van der Waals surface area contributed by atoms with Gasteiger partial charge in [-0.2, -0.15) is 5.26 Å². The van der Waals surface area contributed by atoms with Crippen LogP contribution in [0.5, 0.6) is 0 Å². The molecule has 0 N–H and O–H groups in total. The summed E-state index contributed by atoms with van der Waals surface area (Å²) in [5, 5.41) is 10.2. The summed E-state index contributed by atoms with van der Waals surface area (Å²) < 4.78 is 0. The van der Waals surface area contributed by atoms with E-state index in [-0.39, 0.29) is 10.7 Å². The third kappa shape index (κ3) is 2.55. The van der Waals surface area contributed by atoms with E-state index in [2.05, 4.69) is 4.98 Å². The Kier molecular flexibility index (Phi) is 3.99. The van der Waals surface area contributed by atoms with Crippen molar-refractivity contribution >= 4 is 46.4 Å². The molecule has 2 rings (SSSR count). The van der Waals surface area contributed by atoms with Crippen molar-refractivity contribution in [2.45, 2.75) is 0 Å². The molecule has 2 aromatic rings. The highest BCUT2D eigenvalue weighted by Gasteiger charge is 2.10. The number of nitrogens with zero attached hydrogens (tertiary/aromatic N) is 2. The topological polar surface area (TPSA) is 36.7 Å². The summed E-state index contributed by atoms with van der Waals surface area (Å²) in [5.41, 5.74) is 1.57. The Labute approximate surface area is 124 Å². The van der Waals surface area contributed by atoms with Crippen LogP contribution in [0.25, 0.3) is 11.1 Å². The van der Waals surface area contributed by atoms with Crippen molar-refractivity contribution in [2.75, 3.05) is 0 Å². The normalized spacial score (nSPS) is 10.2. The van der Waals surface area contributed by atoms with Gasteiger partial charge in [-0.15, -0.1) is 0 Å². The predicted molar refractivity (Wildman–Crippen MR) is 74.4 cm³/mol. The molecule has 0 amide bonds. The smallest absolute Gasteiger partial charge is 0.146 e. The third-order valence-corrected chi connectivity index (χ3v) is 3.62. The standard InChI is InChI=1S/C12H4Cl4N2/c13-9-3-11(15)10(14)2-8(9)7-1-6(4-17)12(16)18-5-7/h1-3,5H. The maximum atomic E-state index is 8.90. The van der Waals surface area contributed by atoms with Crippen molar-refractivity contribution in [3.05, 3.63) is 50.2 Å². The summed E-state index contributed by atoms with van der Waals surface area (Å²) >= 11 is 23.6. The minimum atomic E-state index is 0.150. The van der Waals surface area contributed by atoms with E-state index in [1.807, 2.05) is 6.07 Å². The predicted octanol–water partition coefficient (Wildman–Crippen LogP) is 5.23. The first kappa shape index (κ1) is 13.5. The molecule has 0 atom stereocenters. The Morgan fingerprint density at radius 3 is 2.28 bits per heavy atom. The number of pyridine rings is 1. The number of halogens is 4. The Balaban J connectivity index is 2.63. The van der Waals surface area contributed by atoms with Gasteiger partial charge in [0.05, 0.1) is 20.6 Å². The molecule has 0 saturated heterocycles. The number of rotatable bonds is 1. The summed E-state index contributed by atoms with van der Waals surface area (Å²) in [4.78, 5) is 3.93. The number of hydrogen-bond donors (Lipinski definition) is 0. The van der Waals surface area contributed by atoms with Crippen molar-refractivity contribution < 1.29 is 0 Å². The van der Waals surface area contributed by atoms with Gasteiger partial charge in [-0.3, -0.25) is 0 Å². The molecule has 0 aliphatic heterocycles. The van der Waals surface area contributed by atoms with Crippen LogP contribution in [0.3, 0.4) is 0 Å². The monoisotopic (exact) mass is 316 g/mol. The maximum Gasteiger partial charge on any atom is 0.146 e. The van der Waals surface area contributed by atoms with Crippen LogP contribution >= 0.6 is 46.4 Å². The van der Waals surface area contributed by atoms with E-state index in [4.69, 9.17) is 51.7 Å². The van der Waals surface area contributed by atoms with Crippen LogP contribution in [0, 0.1) is 11.3 Å². The summed E-state index contributed by atoms with van der Waals surface area (Å²) in [5.74, 6) is 0. The molecule has 0 unspecified atom stereocenters. The van der Waals surface area contributed by atoms with E-state index in [1.54, 1.807) is 18.2 Å². The molecule has 1 heterocycles. The highest BCUT2D eigenvalue weighted by atomic mass is 35.5. The fourth-order valence-electron chi connectivity index (χ4n) is 1.42. The van der Waals surface area contributed by atoms with Crippen molar-refractivity contribution in [1.29, 1.82) is 5.26 Å². The van der Waals surface area contributed by atoms with Gasteiger partial charge in [0.2, 0.25) is 0 Å². The lowest BCUT2D eigenvalue weighted by Gasteiger charge is -2.07. The number of nitriles is 1. The number of aromatic nitrogens is 1. The molecular weight excluding hydrogens is 314 g/mol. The molecule has 1 aromatic carbocycles. The Bertz CT molecular complexity index is 662. The van der Waals surface area contributed by atoms with Crippen LogP contribution in [0.1, 0.15) is 5.56 Å². The Hall–Kier alpha value is -0.980. The molecule has 2 nitrogen and oxygen atoms in total. The number of benzene rings is 1.